The molecule has 0 amide bonds. The van der Waals surface area contributed by atoms with Crippen LogP contribution in [-0.4, -0.2) is 18.1 Å². The molecule has 16 heavy (non-hydrogen) atoms. The van der Waals surface area contributed by atoms with Crippen LogP contribution >= 0.6 is 11.6 Å². The summed E-state index contributed by atoms with van der Waals surface area (Å²) in [6.45, 7) is 7.52. The van der Waals surface area contributed by atoms with E-state index in [1.165, 1.54) is 5.56 Å². The summed E-state index contributed by atoms with van der Waals surface area (Å²) >= 11 is 6.14. The van der Waals surface area contributed by atoms with Gasteiger partial charge in [-0.25, -0.2) is 0 Å². The molecule has 2 nitrogen and oxygen atoms in total. The van der Waals surface area contributed by atoms with E-state index < -0.39 is 0 Å². The molecule has 0 saturated carbocycles. The number of rotatable bonds is 1. The van der Waals surface area contributed by atoms with Crippen molar-refractivity contribution in [2.24, 2.45) is 0 Å². The van der Waals surface area contributed by atoms with Crippen LogP contribution in [0.5, 0.6) is 0 Å². The third-order valence-electron chi connectivity index (χ3n) is 2.73. The SMILES string of the molecule is CC(C)(C)NC1CNc2c(Cl)cccc2C1. The van der Waals surface area contributed by atoms with Crippen molar-refractivity contribution in [3.63, 3.8) is 0 Å². The van der Waals surface area contributed by atoms with Crippen LogP contribution in [0.2, 0.25) is 5.02 Å². The molecule has 1 atom stereocenters. The number of para-hydroxylation sites is 1. The summed E-state index contributed by atoms with van der Waals surface area (Å²) in [6.07, 6.45) is 1.04. The van der Waals surface area contributed by atoms with Crippen molar-refractivity contribution in [2.75, 3.05) is 11.9 Å². The normalized spacial score (nSPS) is 20.1. The molecule has 2 rings (SSSR count). The molecule has 1 heterocycles. The van der Waals surface area contributed by atoms with Gasteiger partial charge in [-0.05, 0) is 38.8 Å². The van der Waals surface area contributed by atoms with Gasteiger partial charge >= 0.3 is 0 Å². The maximum Gasteiger partial charge on any atom is 0.0640 e. The first-order chi connectivity index (χ1) is 7.46. The van der Waals surface area contributed by atoms with Crippen LogP contribution in [-0.2, 0) is 6.42 Å². The van der Waals surface area contributed by atoms with Gasteiger partial charge in [0, 0.05) is 18.1 Å². The Labute approximate surface area is 102 Å². The topological polar surface area (TPSA) is 24.1 Å². The number of hydrogen-bond acceptors (Lipinski definition) is 2. The van der Waals surface area contributed by atoms with Gasteiger partial charge in [-0.15, -0.1) is 0 Å². The van der Waals surface area contributed by atoms with Gasteiger partial charge in [0.05, 0.1) is 10.7 Å². The molecule has 1 aromatic carbocycles. The highest BCUT2D eigenvalue weighted by Gasteiger charge is 2.23. The third kappa shape index (κ3) is 2.69. The predicted octanol–water partition coefficient (Wildman–Crippen LogP) is 3.06. The van der Waals surface area contributed by atoms with Crippen molar-refractivity contribution >= 4 is 17.3 Å². The summed E-state index contributed by atoms with van der Waals surface area (Å²) in [6, 6.07) is 6.57. The van der Waals surface area contributed by atoms with E-state index in [4.69, 9.17) is 11.6 Å². The van der Waals surface area contributed by atoms with Gasteiger partial charge < -0.3 is 10.6 Å². The molecule has 0 spiro atoms. The molecule has 0 bridgehead atoms. The zero-order chi connectivity index (χ0) is 11.8. The summed E-state index contributed by atoms with van der Waals surface area (Å²) in [5.41, 5.74) is 2.57. The lowest BCUT2D eigenvalue weighted by Gasteiger charge is -2.33. The number of benzene rings is 1. The van der Waals surface area contributed by atoms with Gasteiger partial charge in [-0.3, -0.25) is 0 Å². The molecule has 0 fully saturated rings. The van der Waals surface area contributed by atoms with E-state index >= 15 is 0 Å². The highest BCUT2D eigenvalue weighted by atomic mass is 35.5. The molecule has 1 aliphatic heterocycles. The van der Waals surface area contributed by atoms with Crippen LogP contribution in [0, 0.1) is 0 Å². The van der Waals surface area contributed by atoms with Crippen molar-refractivity contribution in [2.45, 2.75) is 38.8 Å². The second kappa shape index (κ2) is 4.27. The second-order valence-electron chi connectivity index (χ2n) is 5.45. The first-order valence-electron chi connectivity index (χ1n) is 5.75. The van der Waals surface area contributed by atoms with Crippen LogP contribution in [0.25, 0.3) is 0 Å². The van der Waals surface area contributed by atoms with Crippen LogP contribution in [0.3, 0.4) is 0 Å². The second-order valence-corrected chi connectivity index (χ2v) is 5.86. The molecule has 1 aromatic rings. The maximum atomic E-state index is 6.14. The van der Waals surface area contributed by atoms with Crippen molar-refractivity contribution < 1.29 is 0 Å². The van der Waals surface area contributed by atoms with Gasteiger partial charge in [-0.2, -0.15) is 0 Å². The summed E-state index contributed by atoms with van der Waals surface area (Å²) in [7, 11) is 0. The average Bonchev–Trinajstić information content (AvgIpc) is 2.15. The first-order valence-corrected chi connectivity index (χ1v) is 6.12. The highest BCUT2D eigenvalue weighted by molar-refractivity contribution is 6.33. The summed E-state index contributed by atoms with van der Waals surface area (Å²) in [5, 5.41) is 7.85. The number of anilines is 1. The lowest BCUT2D eigenvalue weighted by Crippen LogP contribution is -2.49. The molecule has 0 aliphatic carbocycles. The minimum atomic E-state index is 0.155. The van der Waals surface area contributed by atoms with Crippen molar-refractivity contribution in [1.82, 2.24) is 5.32 Å². The Bertz CT molecular complexity index is 382. The van der Waals surface area contributed by atoms with Gasteiger partial charge in [0.25, 0.3) is 0 Å². The van der Waals surface area contributed by atoms with E-state index in [1.807, 2.05) is 12.1 Å². The van der Waals surface area contributed by atoms with Gasteiger partial charge in [0.2, 0.25) is 0 Å². The van der Waals surface area contributed by atoms with E-state index in [0.717, 1.165) is 23.7 Å². The van der Waals surface area contributed by atoms with Crippen molar-refractivity contribution in [3.05, 3.63) is 28.8 Å². The van der Waals surface area contributed by atoms with Crippen molar-refractivity contribution in [3.8, 4) is 0 Å². The fraction of sp³-hybridized carbons (Fsp3) is 0.538. The third-order valence-corrected chi connectivity index (χ3v) is 3.04. The minimum Gasteiger partial charge on any atom is -0.382 e. The van der Waals surface area contributed by atoms with E-state index in [0.29, 0.717) is 6.04 Å². The van der Waals surface area contributed by atoms with E-state index in [9.17, 15) is 0 Å². The fourth-order valence-corrected chi connectivity index (χ4v) is 2.48. The Balaban J connectivity index is 2.12. The van der Waals surface area contributed by atoms with E-state index in [2.05, 4.69) is 37.5 Å². The largest absolute Gasteiger partial charge is 0.382 e. The standard InChI is InChI=1S/C13H19ClN2/c1-13(2,3)16-10-7-9-5-4-6-11(14)12(9)15-8-10/h4-6,10,15-16H,7-8H2,1-3H3. The zero-order valence-electron chi connectivity index (χ0n) is 10.1. The Morgan fingerprint density at radius 3 is 2.81 bits per heavy atom. The quantitative estimate of drug-likeness (QED) is 0.786. The smallest absolute Gasteiger partial charge is 0.0640 e. The van der Waals surface area contributed by atoms with Crippen LogP contribution in [0.1, 0.15) is 26.3 Å². The van der Waals surface area contributed by atoms with Gasteiger partial charge in [0.15, 0.2) is 0 Å². The zero-order valence-corrected chi connectivity index (χ0v) is 10.9. The number of halogens is 1. The predicted molar refractivity (Wildman–Crippen MR) is 70.3 cm³/mol. The van der Waals surface area contributed by atoms with Gasteiger partial charge in [-0.1, -0.05) is 23.7 Å². The molecule has 1 aliphatic rings. The Morgan fingerprint density at radius 2 is 2.12 bits per heavy atom. The van der Waals surface area contributed by atoms with Crippen LogP contribution in [0.4, 0.5) is 5.69 Å². The van der Waals surface area contributed by atoms with Crippen LogP contribution < -0.4 is 10.6 Å². The lowest BCUT2D eigenvalue weighted by molar-refractivity contribution is 0.361. The molecule has 0 aromatic heterocycles. The monoisotopic (exact) mass is 238 g/mol. The molecule has 3 heteroatoms. The van der Waals surface area contributed by atoms with E-state index in [1.54, 1.807) is 0 Å². The molecular formula is C13H19ClN2. The number of nitrogens with one attached hydrogen (secondary N) is 2. The summed E-state index contributed by atoms with van der Waals surface area (Å²) in [4.78, 5) is 0. The number of hydrogen-bond donors (Lipinski definition) is 2. The Morgan fingerprint density at radius 1 is 1.38 bits per heavy atom. The first kappa shape index (κ1) is 11.7. The van der Waals surface area contributed by atoms with Crippen LogP contribution in [0.15, 0.2) is 18.2 Å². The highest BCUT2D eigenvalue weighted by Crippen LogP contribution is 2.29. The molecule has 2 N–H and O–H groups in total. The lowest BCUT2D eigenvalue weighted by atomic mass is 9.97. The molecule has 0 radical (unpaired) electrons. The number of fused-ring (bicyclic) bond motifs is 1. The summed E-state index contributed by atoms with van der Waals surface area (Å²) in [5.74, 6) is 0. The van der Waals surface area contributed by atoms with E-state index in [-0.39, 0.29) is 5.54 Å². The van der Waals surface area contributed by atoms with Crippen molar-refractivity contribution in [1.29, 1.82) is 0 Å². The maximum absolute atomic E-state index is 6.14. The van der Waals surface area contributed by atoms with Gasteiger partial charge in [0.1, 0.15) is 0 Å². The Kier molecular flexibility index (Phi) is 3.13. The summed E-state index contributed by atoms with van der Waals surface area (Å²) < 4.78 is 0. The average molecular weight is 239 g/mol. The minimum absolute atomic E-state index is 0.155. The molecular weight excluding hydrogens is 220 g/mol. The molecule has 1 unspecified atom stereocenters. The molecule has 88 valence electrons. The Hall–Kier alpha value is -0.730. The molecule has 0 saturated heterocycles. The fourth-order valence-electron chi connectivity index (χ4n) is 2.21.